The molecule has 0 aliphatic rings. The maximum absolute atomic E-state index is 13.5. The molecule has 0 atom stereocenters. The summed E-state index contributed by atoms with van der Waals surface area (Å²) in [6.07, 6.45) is 8.00. The molecule has 11 nitrogen and oxygen atoms in total. The summed E-state index contributed by atoms with van der Waals surface area (Å²) >= 11 is 0. The highest BCUT2D eigenvalue weighted by Gasteiger charge is 2.20. The molecule has 3 aromatic heterocycles. The SMILES string of the molecule is Cc1cc(NC(=O)c2cn(C(C)C)c(=O)n(-c3ccc(F)cc3)c2=O)ccc1Oc1cc(-c2cn(C)cn2)cnc1CC=N. The molecule has 0 spiro atoms. The van der Waals surface area contributed by atoms with Crippen molar-refractivity contribution < 1.29 is 13.9 Å². The molecule has 0 saturated heterocycles. The van der Waals surface area contributed by atoms with Gasteiger partial charge in [-0.15, -0.1) is 0 Å². The van der Waals surface area contributed by atoms with Gasteiger partial charge in [0.15, 0.2) is 0 Å². The largest absolute Gasteiger partial charge is 0.455 e. The number of aryl methyl sites for hydroxylation is 2. The number of hydrogen-bond acceptors (Lipinski definition) is 7. The number of pyridine rings is 1. The van der Waals surface area contributed by atoms with Crippen LogP contribution < -0.4 is 21.3 Å². The number of imidazole rings is 1. The number of hydrogen-bond donors (Lipinski definition) is 2. The van der Waals surface area contributed by atoms with E-state index in [9.17, 15) is 18.8 Å². The fourth-order valence-corrected chi connectivity index (χ4v) is 4.59. The van der Waals surface area contributed by atoms with Gasteiger partial charge in [-0.25, -0.2) is 18.7 Å². The molecule has 2 N–H and O–H groups in total. The van der Waals surface area contributed by atoms with Gasteiger partial charge in [0.2, 0.25) is 0 Å². The van der Waals surface area contributed by atoms with Crippen LogP contribution in [-0.2, 0) is 13.5 Å². The van der Waals surface area contributed by atoms with Crippen LogP contribution in [0.4, 0.5) is 10.1 Å². The second-order valence-corrected chi connectivity index (χ2v) is 10.5. The third-order valence-electron chi connectivity index (χ3n) is 6.88. The van der Waals surface area contributed by atoms with Crippen LogP contribution in [0.2, 0.25) is 0 Å². The van der Waals surface area contributed by atoms with Crippen molar-refractivity contribution in [3.8, 4) is 28.4 Å². The van der Waals surface area contributed by atoms with Crippen molar-refractivity contribution in [3.05, 3.63) is 117 Å². The van der Waals surface area contributed by atoms with E-state index in [4.69, 9.17) is 10.1 Å². The maximum atomic E-state index is 13.5. The molecular weight excluding hydrogens is 565 g/mol. The standard InChI is InChI=1S/C32H30FN7O4/c1-19(2)39-16-25(31(42)40(32(39)43)24-8-5-22(33)6-9-24)30(41)37-23-7-10-28(20(3)13-23)44-29-14-21(15-35-26(29)11-12-34)27-17-38(4)18-36-27/h5-10,12-19,34H,11H2,1-4H3,(H,37,41). The van der Waals surface area contributed by atoms with E-state index in [1.165, 1.54) is 29.1 Å². The highest BCUT2D eigenvalue weighted by Crippen LogP contribution is 2.32. The second-order valence-electron chi connectivity index (χ2n) is 10.5. The molecule has 44 heavy (non-hydrogen) atoms. The molecule has 0 fully saturated rings. The Labute approximate surface area is 251 Å². The summed E-state index contributed by atoms with van der Waals surface area (Å²) < 4.78 is 23.7. The molecule has 0 unspecified atom stereocenters. The van der Waals surface area contributed by atoms with E-state index in [0.29, 0.717) is 28.4 Å². The van der Waals surface area contributed by atoms with E-state index in [1.54, 1.807) is 51.5 Å². The number of anilines is 1. The Morgan fingerprint density at radius 1 is 1.07 bits per heavy atom. The fraction of sp³-hybridized carbons (Fsp3) is 0.188. The zero-order chi connectivity index (χ0) is 31.5. The van der Waals surface area contributed by atoms with Gasteiger partial charge in [0.05, 0.1) is 23.4 Å². The summed E-state index contributed by atoms with van der Waals surface area (Å²) in [5.74, 6) is -0.269. The smallest absolute Gasteiger partial charge is 0.335 e. The fourth-order valence-electron chi connectivity index (χ4n) is 4.59. The Bertz CT molecular complexity index is 1990. The van der Waals surface area contributed by atoms with Gasteiger partial charge in [-0.2, -0.15) is 0 Å². The van der Waals surface area contributed by atoms with Crippen molar-refractivity contribution in [2.24, 2.45) is 7.05 Å². The van der Waals surface area contributed by atoms with Crippen LogP contribution in [0, 0.1) is 18.2 Å². The minimum Gasteiger partial charge on any atom is -0.455 e. The Kier molecular flexibility index (Phi) is 8.34. The molecular formula is C32H30FN7O4. The van der Waals surface area contributed by atoms with E-state index in [2.05, 4.69) is 15.3 Å². The molecule has 224 valence electrons. The van der Waals surface area contributed by atoms with Gasteiger partial charge < -0.3 is 20.0 Å². The van der Waals surface area contributed by atoms with Crippen molar-refractivity contribution in [2.45, 2.75) is 33.2 Å². The first-order chi connectivity index (χ1) is 21.0. The Balaban J connectivity index is 1.44. The summed E-state index contributed by atoms with van der Waals surface area (Å²) in [7, 11) is 1.87. The van der Waals surface area contributed by atoms with Gasteiger partial charge in [0.25, 0.3) is 11.5 Å². The van der Waals surface area contributed by atoms with Crippen LogP contribution in [0.1, 0.15) is 41.5 Å². The highest BCUT2D eigenvalue weighted by molar-refractivity contribution is 6.04. The molecule has 0 bridgehead atoms. The number of nitrogens with zero attached hydrogens (tertiary/aromatic N) is 5. The van der Waals surface area contributed by atoms with Gasteiger partial charge in [-0.3, -0.25) is 19.1 Å². The van der Waals surface area contributed by atoms with Gasteiger partial charge in [0, 0.05) is 55.6 Å². The molecule has 0 radical (unpaired) electrons. The predicted molar refractivity (Wildman–Crippen MR) is 165 cm³/mol. The molecule has 0 saturated carbocycles. The van der Waals surface area contributed by atoms with Gasteiger partial charge in [-0.05, 0) is 74.9 Å². The maximum Gasteiger partial charge on any atom is 0.335 e. The Morgan fingerprint density at radius 2 is 1.82 bits per heavy atom. The summed E-state index contributed by atoms with van der Waals surface area (Å²) in [5.41, 5.74) is 1.56. The molecule has 5 rings (SSSR count). The second kappa shape index (κ2) is 12.3. The van der Waals surface area contributed by atoms with Crippen LogP contribution in [-0.4, -0.2) is 35.8 Å². The molecule has 1 amide bonds. The number of nitrogens with one attached hydrogen (secondary N) is 2. The number of carbonyl (C=O) groups excluding carboxylic acids is 1. The summed E-state index contributed by atoms with van der Waals surface area (Å²) in [5, 5.41) is 10.3. The van der Waals surface area contributed by atoms with Crippen molar-refractivity contribution in [3.63, 3.8) is 0 Å². The number of halogens is 1. The van der Waals surface area contributed by atoms with E-state index in [0.717, 1.165) is 28.0 Å². The van der Waals surface area contributed by atoms with E-state index in [1.807, 2.05) is 23.9 Å². The van der Waals surface area contributed by atoms with Crippen LogP contribution in [0.15, 0.2) is 83.0 Å². The average Bonchev–Trinajstić information content (AvgIpc) is 3.42. The number of ether oxygens (including phenoxy) is 1. The third kappa shape index (κ3) is 6.09. The van der Waals surface area contributed by atoms with E-state index >= 15 is 0 Å². The normalized spacial score (nSPS) is 11.0. The number of amides is 1. The first kappa shape index (κ1) is 29.8. The lowest BCUT2D eigenvalue weighted by Gasteiger charge is -2.16. The number of carbonyl (C=O) groups is 1. The molecule has 0 aliphatic carbocycles. The minimum atomic E-state index is -0.827. The lowest BCUT2D eigenvalue weighted by molar-refractivity contribution is 0.102. The summed E-state index contributed by atoms with van der Waals surface area (Å²) in [6, 6.07) is 11.3. The predicted octanol–water partition coefficient (Wildman–Crippen LogP) is 5.06. The lowest BCUT2D eigenvalue weighted by atomic mass is 10.1. The van der Waals surface area contributed by atoms with Crippen molar-refractivity contribution in [2.75, 3.05) is 5.32 Å². The third-order valence-corrected chi connectivity index (χ3v) is 6.88. The van der Waals surface area contributed by atoms with Gasteiger partial charge in [0.1, 0.15) is 22.9 Å². The molecule has 0 aliphatic heterocycles. The van der Waals surface area contributed by atoms with Crippen molar-refractivity contribution in [1.82, 2.24) is 23.7 Å². The van der Waals surface area contributed by atoms with E-state index < -0.39 is 23.0 Å². The zero-order valence-electron chi connectivity index (χ0n) is 24.5. The van der Waals surface area contributed by atoms with Crippen LogP contribution in [0.5, 0.6) is 11.5 Å². The Morgan fingerprint density at radius 3 is 2.45 bits per heavy atom. The number of rotatable bonds is 9. The summed E-state index contributed by atoms with van der Waals surface area (Å²) in [6.45, 7) is 5.30. The van der Waals surface area contributed by atoms with Crippen LogP contribution in [0.3, 0.4) is 0 Å². The van der Waals surface area contributed by atoms with Crippen molar-refractivity contribution in [1.29, 1.82) is 5.41 Å². The molecule has 12 heteroatoms. The monoisotopic (exact) mass is 595 g/mol. The highest BCUT2D eigenvalue weighted by atomic mass is 19.1. The van der Waals surface area contributed by atoms with Crippen molar-refractivity contribution >= 4 is 17.8 Å². The number of aromatic nitrogens is 5. The quantitative estimate of drug-likeness (QED) is 0.229. The van der Waals surface area contributed by atoms with Gasteiger partial charge >= 0.3 is 5.69 Å². The average molecular weight is 596 g/mol. The van der Waals surface area contributed by atoms with Gasteiger partial charge in [-0.1, -0.05) is 0 Å². The van der Waals surface area contributed by atoms with Crippen LogP contribution in [0.25, 0.3) is 16.9 Å². The minimum absolute atomic E-state index is 0.145. The number of benzene rings is 2. The summed E-state index contributed by atoms with van der Waals surface area (Å²) in [4.78, 5) is 48.7. The lowest BCUT2D eigenvalue weighted by Crippen LogP contribution is -2.42. The molecule has 2 aromatic carbocycles. The topological polar surface area (TPSA) is 137 Å². The van der Waals surface area contributed by atoms with E-state index in [-0.39, 0.29) is 23.7 Å². The first-order valence-electron chi connectivity index (χ1n) is 13.8. The van der Waals surface area contributed by atoms with Crippen LogP contribution >= 0.6 is 0 Å². The molecule has 3 heterocycles. The Hall–Kier alpha value is -5.65. The zero-order valence-corrected chi connectivity index (χ0v) is 24.5. The first-order valence-corrected chi connectivity index (χ1v) is 13.8. The molecule has 5 aromatic rings.